The van der Waals surface area contributed by atoms with Gasteiger partial charge in [-0.3, -0.25) is 9.59 Å². The fourth-order valence-electron chi connectivity index (χ4n) is 3.94. The van der Waals surface area contributed by atoms with E-state index in [1.165, 1.54) is 4.90 Å². The highest BCUT2D eigenvalue weighted by Crippen LogP contribution is 2.39. The van der Waals surface area contributed by atoms with Crippen LogP contribution in [-0.4, -0.2) is 33.7 Å². The molecular weight excluding hydrogens is 406 g/mol. The number of thioether (sulfide) groups is 1. The van der Waals surface area contributed by atoms with Crippen molar-refractivity contribution in [2.75, 3.05) is 5.75 Å². The average molecular weight is 432 g/mol. The summed E-state index contributed by atoms with van der Waals surface area (Å²) in [5, 5.41) is 9.91. The summed E-state index contributed by atoms with van der Waals surface area (Å²) in [6.07, 6.45) is 2.06. The van der Waals surface area contributed by atoms with Gasteiger partial charge in [-0.05, 0) is 49.1 Å². The number of carboxylic acid groups (broad SMARTS) is 1. The number of rotatable bonds is 8. The molecular formula is C23H26ClNO3S. The van der Waals surface area contributed by atoms with E-state index < -0.39 is 11.9 Å². The van der Waals surface area contributed by atoms with Gasteiger partial charge in [0.15, 0.2) is 0 Å². The zero-order valence-corrected chi connectivity index (χ0v) is 18.0. The second-order valence-electron chi connectivity index (χ2n) is 7.37. The molecule has 2 aromatic rings. The molecule has 2 unspecified atom stereocenters. The van der Waals surface area contributed by atoms with E-state index in [1.54, 1.807) is 11.8 Å². The van der Waals surface area contributed by atoms with E-state index in [4.69, 9.17) is 11.6 Å². The second kappa shape index (κ2) is 10.2. The van der Waals surface area contributed by atoms with E-state index in [0.717, 1.165) is 24.2 Å². The summed E-state index contributed by atoms with van der Waals surface area (Å²) in [7, 11) is 0. The molecule has 1 aliphatic rings. The topological polar surface area (TPSA) is 57.6 Å². The highest BCUT2D eigenvalue weighted by atomic mass is 35.5. The average Bonchev–Trinajstić information content (AvgIpc) is 2.72. The molecule has 1 fully saturated rings. The van der Waals surface area contributed by atoms with E-state index in [2.05, 4.69) is 19.1 Å². The molecule has 4 nitrogen and oxygen atoms in total. The molecule has 2 aromatic carbocycles. The highest BCUT2D eigenvalue weighted by molar-refractivity contribution is 7.99. The van der Waals surface area contributed by atoms with Crippen LogP contribution in [0.15, 0.2) is 59.5 Å². The normalized spacial score (nSPS) is 20.5. The van der Waals surface area contributed by atoms with E-state index in [1.807, 2.05) is 47.4 Å². The minimum atomic E-state index is -0.917. The predicted molar refractivity (Wildman–Crippen MR) is 117 cm³/mol. The van der Waals surface area contributed by atoms with Crippen LogP contribution in [0.5, 0.6) is 0 Å². The minimum Gasteiger partial charge on any atom is -0.481 e. The third-order valence-corrected chi connectivity index (χ3v) is 6.86. The number of benzene rings is 2. The summed E-state index contributed by atoms with van der Waals surface area (Å²) in [5.74, 6) is -0.637. The van der Waals surface area contributed by atoms with Crippen molar-refractivity contribution in [2.24, 2.45) is 5.92 Å². The Labute approximate surface area is 181 Å². The van der Waals surface area contributed by atoms with Crippen LogP contribution in [0.25, 0.3) is 0 Å². The number of carboxylic acids is 1. The Morgan fingerprint density at radius 2 is 1.86 bits per heavy atom. The molecule has 0 saturated carbocycles. The summed E-state index contributed by atoms with van der Waals surface area (Å²) in [5.41, 5.74) is 1.06. The van der Waals surface area contributed by atoms with Gasteiger partial charge in [0.25, 0.3) is 0 Å². The molecule has 0 aromatic heterocycles. The first-order chi connectivity index (χ1) is 14.0. The molecule has 0 aliphatic carbocycles. The zero-order chi connectivity index (χ0) is 20.8. The maximum atomic E-state index is 13.4. The number of likely N-dealkylation sites (tertiary alicyclic amines) is 1. The standard InChI is InChI=1S/C23H26ClNO3S/c1-2-19(15-29-20-6-4-3-5-7-20)25-21(16-8-11-18(24)12-9-16)13-10-17(23(25)28)14-22(26)27/h3-9,11-12,17,19,21H,2,10,13-15H2,1H3,(H,26,27)/t17?,19-,21?/m0/s1. The van der Waals surface area contributed by atoms with E-state index in [9.17, 15) is 14.7 Å². The zero-order valence-electron chi connectivity index (χ0n) is 16.5. The van der Waals surface area contributed by atoms with Gasteiger partial charge in [0.2, 0.25) is 5.91 Å². The molecule has 1 amide bonds. The van der Waals surface area contributed by atoms with Crippen LogP contribution in [0.1, 0.15) is 44.2 Å². The number of piperidine rings is 1. The Bertz CT molecular complexity index is 828. The number of aliphatic carboxylic acids is 1. The van der Waals surface area contributed by atoms with Crippen molar-refractivity contribution >= 4 is 35.2 Å². The number of nitrogens with zero attached hydrogens (tertiary/aromatic N) is 1. The lowest BCUT2D eigenvalue weighted by Crippen LogP contribution is -2.50. The number of halogens is 1. The van der Waals surface area contributed by atoms with Gasteiger partial charge < -0.3 is 10.0 Å². The second-order valence-corrected chi connectivity index (χ2v) is 8.90. The molecule has 0 bridgehead atoms. The third-order valence-electron chi connectivity index (χ3n) is 5.45. The molecule has 1 saturated heterocycles. The maximum Gasteiger partial charge on any atom is 0.304 e. The smallest absolute Gasteiger partial charge is 0.304 e. The number of hydrogen-bond acceptors (Lipinski definition) is 3. The van der Waals surface area contributed by atoms with Crippen molar-refractivity contribution in [3.63, 3.8) is 0 Å². The summed E-state index contributed by atoms with van der Waals surface area (Å²) in [6, 6.07) is 17.8. The van der Waals surface area contributed by atoms with Gasteiger partial charge in [-0.25, -0.2) is 0 Å². The van der Waals surface area contributed by atoms with Crippen LogP contribution in [0.4, 0.5) is 0 Å². The van der Waals surface area contributed by atoms with Gasteiger partial charge in [0, 0.05) is 27.6 Å². The van der Waals surface area contributed by atoms with Crippen LogP contribution in [-0.2, 0) is 9.59 Å². The van der Waals surface area contributed by atoms with Gasteiger partial charge in [0.05, 0.1) is 12.5 Å². The van der Waals surface area contributed by atoms with E-state index in [0.29, 0.717) is 11.4 Å². The number of carbonyl (C=O) groups is 2. The highest BCUT2D eigenvalue weighted by Gasteiger charge is 2.40. The lowest BCUT2D eigenvalue weighted by molar-refractivity contribution is -0.150. The SMILES string of the molecule is CC[C@@H](CSc1ccccc1)N1C(=O)C(CC(=O)O)CCC1c1ccc(Cl)cc1. The van der Waals surface area contributed by atoms with E-state index >= 15 is 0 Å². The summed E-state index contributed by atoms with van der Waals surface area (Å²) in [4.78, 5) is 27.7. The minimum absolute atomic E-state index is 0.0324. The van der Waals surface area contributed by atoms with Crippen LogP contribution in [0, 0.1) is 5.92 Å². The van der Waals surface area contributed by atoms with Gasteiger partial charge in [-0.2, -0.15) is 0 Å². The first kappa shape index (κ1) is 21.7. The van der Waals surface area contributed by atoms with Crippen molar-refractivity contribution in [3.05, 3.63) is 65.2 Å². The molecule has 1 N–H and O–H groups in total. The first-order valence-corrected chi connectivity index (χ1v) is 11.3. The van der Waals surface area contributed by atoms with E-state index in [-0.39, 0.29) is 24.4 Å². The fraction of sp³-hybridized carbons (Fsp3) is 0.391. The predicted octanol–water partition coefficient (Wildman–Crippen LogP) is 5.67. The quantitative estimate of drug-likeness (QED) is 0.547. The van der Waals surface area contributed by atoms with Gasteiger partial charge >= 0.3 is 5.97 Å². The van der Waals surface area contributed by atoms with Gasteiger partial charge in [0.1, 0.15) is 0 Å². The molecule has 1 heterocycles. The number of hydrogen-bond donors (Lipinski definition) is 1. The summed E-state index contributed by atoms with van der Waals surface area (Å²) >= 11 is 7.79. The van der Waals surface area contributed by atoms with Crippen LogP contribution in [0.2, 0.25) is 5.02 Å². The molecule has 3 rings (SSSR count). The number of amides is 1. The lowest BCUT2D eigenvalue weighted by Gasteiger charge is -2.44. The van der Waals surface area contributed by atoms with Crippen molar-refractivity contribution in [2.45, 2.75) is 49.6 Å². The lowest BCUT2D eigenvalue weighted by atomic mass is 9.85. The molecule has 154 valence electrons. The first-order valence-electron chi connectivity index (χ1n) is 9.96. The Balaban J connectivity index is 1.85. The number of carbonyl (C=O) groups excluding carboxylic acids is 1. The molecule has 1 aliphatic heterocycles. The Kier molecular flexibility index (Phi) is 7.62. The molecule has 6 heteroatoms. The maximum absolute atomic E-state index is 13.4. The largest absolute Gasteiger partial charge is 0.481 e. The molecule has 0 spiro atoms. The Morgan fingerprint density at radius 3 is 2.48 bits per heavy atom. The molecule has 29 heavy (non-hydrogen) atoms. The van der Waals surface area contributed by atoms with Crippen LogP contribution < -0.4 is 0 Å². The van der Waals surface area contributed by atoms with Crippen LogP contribution in [0.3, 0.4) is 0 Å². The Morgan fingerprint density at radius 1 is 1.17 bits per heavy atom. The van der Waals surface area contributed by atoms with Crippen molar-refractivity contribution in [1.29, 1.82) is 0 Å². The monoisotopic (exact) mass is 431 g/mol. The van der Waals surface area contributed by atoms with Crippen molar-refractivity contribution in [1.82, 2.24) is 4.90 Å². The third kappa shape index (κ3) is 5.55. The molecule has 0 radical (unpaired) electrons. The fourth-order valence-corrected chi connectivity index (χ4v) is 5.19. The van der Waals surface area contributed by atoms with Crippen molar-refractivity contribution < 1.29 is 14.7 Å². The van der Waals surface area contributed by atoms with Crippen LogP contribution >= 0.6 is 23.4 Å². The summed E-state index contributed by atoms with van der Waals surface area (Å²) < 4.78 is 0. The summed E-state index contributed by atoms with van der Waals surface area (Å²) in [6.45, 7) is 2.09. The van der Waals surface area contributed by atoms with Gasteiger partial charge in [-0.1, -0.05) is 48.9 Å². The molecule has 3 atom stereocenters. The Hall–Kier alpha value is -1.98. The van der Waals surface area contributed by atoms with Gasteiger partial charge in [-0.15, -0.1) is 11.8 Å². The van der Waals surface area contributed by atoms with Crippen molar-refractivity contribution in [3.8, 4) is 0 Å².